The van der Waals surface area contributed by atoms with Crippen LogP contribution in [0.2, 0.25) is 0 Å². The zero-order valence-electron chi connectivity index (χ0n) is 13.9. The van der Waals surface area contributed by atoms with Crippen LogP contribution in [0.3, 0.4) is 0 Å². The molecule has 0 saturated heterocycles. The molecule has 1 amide bonds. The van der Waals surface area contributed by atoms with Gasteiger partial charge in [0.15, 0.2) is 5.82 Å². The van der Waals surface area contributed by atoms with Crippen LogP contribution in [0.5, 0.6) is 5.75 Å². The first-order valence-electron chi connectivity index (χ1n) is 8.63. The maximum absolute atomic E-state index is 12.5. The van der Waals surface area contributed by atoms with E-state index in [1.54, 1.807) is 7.11 Å². The number of carbonyl (C=O) groups is 1. The second-order valence-corrected chi connectivity index (χ2v) is 6.55. The van der Waals surface area contributed by atoms with Crippen LogP contribution in [-0.4, -0.2) is 27.8 Å². The average molecular weight is 326 g/mol. The Bertz CT molecular complexity index is 764. The molecule has 126 valence electrons. The summed E-state index contributed by atoms with van der Waals surface area (Å²) in [6, 6.07) is 5.67. The summed E-state index contributed by atoms with van der Waals surface area (Å²) >= 11 is 0. The topological polar surface area (TPSA) is 69.0 Å². The lowest BCUT2D eigenvalue weighted by atomic mass is 10.1. The molecule has 4 rings (SSSR count). The van der Waals surface area contributed by atoms with Crippen LogP contribution < -0.4 is 10.1 Å². The molecule has 1 aliphatic heterocycles. The number of carbonyl (C=O) groups excluding carboxylic acids is 1. The number of nitrogens with zero attached hydrogens (tertiary/aromatic N) is 3. The van der Waals surface area contributed by atoms with Gasteiger partial charge in [-0.1, -0.05) is 0 Å². The molecule has 1 saturated carbocycles. The maximum atomic E-state index is 12.5. The van der Waals surface area contributed by atoms with Crippen LogP contribution in [0, 0.1) is 0 Å². The highest BCUT2D eigenvalue weighted by atomic mass is 16.5. The smallest absolute Gasteiger partial charge is 0.251 e. The highest BCUT2D eigenvalue weighted by Gasteiger charge is 2.27. The number of aromatic nitrogens is 3. The minimum Gasteiger partial charge on any atom is -0.496 e. The summed E-state index contributed by atoms with van der Waals surface area (Å²) in [5.41, 5.74) is 1.82. The van der Waals surface area contributed by atoms with Crippen LogP contribution in [0.1, 0.15) is 59.2 Å². The van der Waals surface area contributed by atoms with E-state index in [4.69, 9.17) is 4.74 Å². The number of aryl methyl sites for hydroxylation is 1. The van der Waals surface area contributed by atoms with Crippen molar-refractivity contribution in [1.29, 1.82) is 0 Å². The molecule has 6 heteroatoms. The molecule has 1 aliphatic carbocycles. The lowest BCUT2D eigenvalue weighted by molar-refractivity contribution is 0.0949. The van der Waals surface area contributed by atoms with Gasteiger partial charge < -0.3 is 14.6 Å². The molecule has 2 heterocycles. The molecule has 0 bridgehead atoms. The predicted octanol–water partition coefficient (Wildman–Crippen LogP) is 2.43. The number of benzene rings is 1. The van der Waals surface area contributed by atoms with Gasteiger partial charge in [-0.05, 0) is 55.4 Å². The van der Waals surface area contributed by atoms with Gasteiger partial charge in [-0.2, -0.15) is 0 Å². The molecule has 0 spiro atoms. The lowest BCUT2D eigenvalue weighted by Crippen LogP contribution is -2.25. The third-order valence-electron chi connectivity index (χ3n) is 4.85. The van der Waals surface area contributed by atoms with Gasteiger partial charge in [0.25, 0.3) is 5.91 Å². The molecule has 24 heavy (non-hydrogen) atoms. The maximum Gasteiger partial charge on any atom is 0.251 e. The van der Waals surface area contributed by atoms with Crippen molar-refractivity contribution in [2.75, 3.05) is 7.11 Å². The van der Waals surface area contributed by atoms with E-state index in [-0.39, 0.29) is 5.91 Å². The summed E-state index contributed by atoms with van der Waals surface area (Å²) < 4.78 is 7.54. The Hall–Kier alpha value is -2.37. The fourth-order valence-electron chi connectivity index (χ4n) is 3.35. The number of fused-ring (bicyclic) bond motifs is 1. The van der Waals surface area contributed by atoms with Crippen molar-refractivity contribution in [3.05, 3.63) is 41.0 Å². The Balaban J connectivity index is 1.46. The Morgan fingerprint density at radius 2 is 2.21 bits per heavy atom. The van der Waals surface area contributed by atoms with Crippen LogP contribution in [0.25, 0.3) is 0 Å². The van der Waals surface area contributed by atoms with Gasteiger partial charge >= 0.3 is 0 Å². The molecule has 1 N–H and O–H groups in total. The largest absolute Gasteiger partial charge is 0.496 e. The van der Waals surface area contributed by atoms with Gasteiger partial charge in [0.2, 0.25) is 0 Å². The Labute approximate surface area is 141 Å². The van der Waals surface area contributed by atoms with Crippen LogP contribution in [-0.2, 0) is 19.5 Å². The molecule has 1 aromatic carbocycles. The molecule has 0 atom stereocenters. The number of ether oxygens (including phenoxy) is 1. The van der Waals surface area contributed by atoms with E-state index in [1.807, 2.05) is 18.2 Å². The van der Waals surface area contributed by atoms with Crippen molar-refractivity contribution in [1.82, 2.24) is 20.1 Å². The zero-order valence-corrected chi connectivity index (χ0v) is 13.9. The van der Waals surface area contributed by atoms with Gasteiger partial charge in [0.05, 0.1) is 13.7 Å². The number of hydrogen-bond acceptors (Lipinski definition) is 4. The van der Waals surface area contributed by atoms with Gasteiger partial charge in [-0.15, -0.1) is 10.2 Å². The Kier molecular flexibility index (Phi) is 3.96. The fraction of sp³-hybridized carbons (Fsp3) is 0.500. The Morgan fingerprint density at radius 3 is 3.00 bits per heavy atom. The minimum absolute atomic E-state index is 0.0762. The standard InChI is InChI=1S/C18H22N4O2/c1-24-15-8-7-13(10-14(15)12-5-6-12)18(23)19-11-17-21-20-16-4-2-3-9-22(16)17/h7-8,10,12H,2-6,9,11H2,1H3,(H,19,23). The number of methoxy groups -OCH3 is 1. The first kappa shape index (κ1) is 15.2. The predicted molar refractivity (Wildman–Crippen MR) is 89.1 cm³/mol. The van der Waals surface area contributed by atoms with E-state index < -0.39 is 0 Å². The van der Waals surface area contributed by atoms with E-state index in [9.17, 15) is 4.79 Å². The normalized spacial score (nSPS) is 16.5. The summed E-state index contributed by atoms with van der Waals surface area (Å²) in [6.45, 7) is 1.36. The average Bonchev–Trinajstić information content (AvgIpc) is 3.39. The van der Waals surface area contributed by atoms with Gasteiger partial charge in [0.1, 0.15) is 11.6 Å². The summed E-state index contributed by atoms with van der Waals surface area (Å²) in [4.78, 5) is 12.5. The van der Waals surface area contributed by atoms with Crippen molar-refractivity contribution in [3.63, 3.8) is 0 Å². The van der Waals surface area contributed by atoms with E-state index >= 15 is 0 Å². The molecule has 2 aromatic rings. The number of nitrogens with one attached hydrogen (secondary N) is 1. The van der Waals surface area contributed by atoms with E-state index in [2.05, 4.69) is 20.1 Å². The van der Waals surface area contributed by atoms with Crippen LogP contribution >= 0.6 is 0 Å². The number of amides is 1. The first-order valence-corrected chi connectivity index (χ1v) is 8.63. The van der Waals surface area contributed by atoms with Crippen molar-refractivity contribution in [3.8, 4) is 5.75 Å². The van der Waals surface area contributed by atoms with Crippen molar-refractivity contribution >= 4 is 5.91 Å². The van der Waals surface area contributed by atoms with Crippen LogP contribution in [0.4, 0.5) is 0 Å². The number of rotatable bonds is 5. The minimum atomic E-state index is -0.0762. The first-order chi connectivity index (χ1) is 11.8. The molecule has 0 unspecified atom stereocenters. The molecule has 6 nitrogen and oxygen atoms in total. The van der Waals surface area contributed by atoms with E-state index in [0.717, 1.165) is 42.3 Å². The van der Waals surface area contributed by atoms with Crippen molar-refractivity contribution in [2.24, 2.45) is 0 Å². The molecular weight excluding hydrogens is 304 g/mol. The highest BCUT2D eigenvalue weighted by Crippen LogP contribution is 2.44. The summed E-state index contributed by atoms with van der Waals surface area (Å²) in [5, 5.41) is 11.4. The van der Waals surface area contributed by atoms with E-state index in [1.165, 1.54) is 19.3 Å². The second kappa shape index (κ2) is 6.26. The second-order valence-electron chi connectivity index (χ2n) is 6.55. The van der Waals surface area contributed by atoms with Crippen molar-refractivity contribution < 1.29 is 9.53 Å². The SMILES string of the molecule is COc1ccc(C(=O)NCc2nnc3n2CCCC3)cc1C1CC1. The third kappa shape index (κ3) is 2.88. The van der Waals surface area contributed by atoms with Gasteiger partial charge in [0, 0.05) is 18.5 Å². The quantitative estimate of drug-likeness (QED) is 0.916. The third-order valence-corrected chi connectivity index (χ3v) is 4.85. The molecule has 1 fully saturated rings. The number of hydrogen-bond donors (Lipinski definition) is 1. The van der Waals surface area contributed by atoms with Crippen molar-refractivity contribution in [2.45, 2.75) is 51.1 Å². The fourth-order valence-corrected chi connectivity index (χ4v) is 3.35. The molecule has 1 aromatic heterocycles. The van der Waals surface area contributed by atoms with Gasteiger partial charge in [-0.25, -0.2) is 0 Å². The molecular formula is C18H22N4O2. The van der Waals surface area contributed by atoms with Gasteiger partial charge in [-0.3, -0.25) is 4.79 Å². The highest BCUT2D eigenvalue weighted by molar-refractivity contribution is 5.94. The lowest BCUT2D eigenvalue weighted by Gasteiger charge is -2.15. The molecule has 2 aliphatic rings. The Morgan fingerprint density at radius 1 is 1.33 bits per heavy atom. The molecule has 0 radical (unpaired) electrons. The monoisotopic (exact) mass is 326 g/mol. The zero-order chi connectivity index (χ0) is 16.5. The summed E-state index contributed by atoms with van der Waals surface area (Å²) in [6.07, 6.45) is 5.64. The van der Waals surface area contributed by atoms with E-state index in [0.29, 0.717) is 18.0 Å². The van der Waals surface area contributed by atoms with Crippen LogP contribution in [0.15, 0.2) is 18.2 Å². The summed E-state index contributed by atoms with van der Waals surface area (Å²) in [5.74, 6) is 3.21. The summed E-state index contributed by atoms with van der Waals surface area (Å²) in [7, 11) is 1.68.